The normalized spacial score (nSPS) is 19.2. The molecule has 0 bridgehead atoms. The first kappa shape index (κ1) is 26.7. The Morgan fingerprint density at radius 1 is 0.844 bits per heavy atom. The number of nitrogens with zero attached hydrogens (tertiary/aromatic N) is 1. The van der Waals surface area contributed by atoms with E-state index in [4.69, 9.17) is 18.9 Å². The molecule has 1 aromatic carbocycles. The van der Waals surface area contributed by atoms with Gasteiger partial charge in [0.2, 0.25) is 15.9 Å². The Kier molecular flexibility index (Phi) is 11.6. The van der Waals surface area contributed by atoms with E-state index in [1.54, 1.807) is 17.0 Å². The summed E-state index contributed by atoms with van der Waals surface area (Å²) in [6, 6.07) is 5.62. The van der Waals surface area contributed by atoms with Gasteiger partial charge in [-0.05, 0) is 25.0 Å². The molecule has 9 nitrogen and oxygen atoms in total. The van der Waals surface area contributed by atoms with E-state index >= 15 is 0 Å². The molecule has 0 radical (unpaired) electrons. The van der Waals surface area contributed by atoms with Crippen LogP contribution in [0.15, 0.2) is 29.2 Å². The fourth-order valence-electron chi connectivity index (χ4n) is 3.06. The van der Waals surface area contributed by atoms with Gasteiger partial charge in [0.05, 0.1) is 57.8 Å². The number of hydrogen-bond acceptors (Lipinski definition) is 7. The maximum Gasteiger partial charge on any atom is 0.241 e. The zero-order valence-electron chi connectivity index (χ0n) is 19.2. The van der Waals surface area contributed by atoms with Gasteiger partial charge < -0.3 is 23.8 Å². The predicted molar refractivity (Wildman–Crippen MR) is 120 cm³/mol. The number of rotatable bonds is 5. The first-order valence-electron chi connectivity index (χ1n) is 11.0. The summed E-state index contributed by atoms with van der Waals surface area (Å²) >= 11 is 0. The number of amides is 1. The first-order chi connectivity index (χ1) is 15.3. The van der Waals surface area contributed by atoms with Crippen LogP contribution in [0.1, 0.15) is 19.4 Å². The number of nitrogens with one attached hydrogen (secondary N) is 1. The van der Waals surface area contributed by atoms with Crippen LogP contribution >= 0.6 is 0 Å². The van der Waals surface area contributed by atoms with Gasteiger partial charge in [-0.3, -0.25) is 4.79 Å². The van der Waals surface area contributed by atoms with Gasteiger partial charge in [-0.15, -0.1) is 0 Å². The van der Waals surface area contributed by atoms with Gasteiger partial charge in [0.1, 0.15) is 6.04 Å². The zero-order valence-corrected chi connectivity index (χ0v) is 20.1. The van der Waals surface area contributed by atoms with Crippen LogP contribution in [0.4, 0.5) is 0 Å². The van der Waals surface area contributed by atoms with Gasteiger partial charge in [-0.25, -0.2) is 8.42 Å². The van der Waals surface area contributed by atoms with E-state index in [1.165, 1.54) is 12.1 Å². The second-order valence-electron chi connectivity index (χ2n) is 7.93. The minimum atomic E-state index is -3.85. The molecule has 1 aromatic rings. The summed E-state index contributed by atoms with van der Waals surface area (Å²) in [7, 11) is -3.85. The molecule has 10 heteroatoms. The summed E-state index contributed by atoms with van der Waals surface area (Å²) < 4.78 is 50.4. The summed E-state index contributed by atoms with van der Waals surface area (Å²) in [5, 5.41) is 0. The molecular formula is C22H36N2O7S. The standard InChI is InChI=1S/C22H36N2O7S/c1-18(2)21(23-32(26,27)20-6-4-19(3)5-7-20)22(25)24-8-10-28-12-14-30-16-17-31-15-13-29-11-9-24/h4-7,18,21,23H,8-17H2,1-3H3/t21-/m0/s1. The van der Waals surface area contributed by atoms with Crippen LogP contribution in [0.5, 0.6) is 0 Å². The summed E-state index contributed by atoms with van der Waals surface area (Å²) in [5.41, 5.74) is 0.956. The van der Waals surface area contributed by atoms with E-state index in [0.29, 0.717) is 65.9 Å². The molecule has 32 heavy (non-hydrogen) atoms. The Morgan fingerprint density at radius 3 is 1.72 bits per heavy atom. The van der Waals surface area contributed by atoms with Crippen LogP contribution in [-0.2, 0) is 33.8 Å². The number of carbonyl (C=O) groups is 1. The molecule has 0 unspecified atom stereocenters. The van der Waals surface area contributed by atoms with Crippen molar-refractivity contribution in [1.29, 1.82) is 0 Å². The number of hydrogen-bond donors (Lipinski definition) is 1. The molecular weight excluding hydrogens is 436 g/mol. The smallest absolute Gasteiger partial charge is 0.241 e. The van der Waals surface area contributed by atoms with Crippen LogP contribution < -0.4 is 4.72 Å². The van der Waals surface area contributed by atoms with Crippen molar-refractivity contribution in [2.75, 3.05) is 65.9 Å². The van der Waals surface area contributed by atoms with Crippen molar-refractivity contribution in [2.24, 2.45) is 5.92 Å². The monoisotopic (exact) mass is 472 g/mol. The molecule has 1 aliphatic rings. The first-order valence-corrected chi connectivity index (χ1v) is 12.5. The number of benzene rings is 1. The highest BCUT2D eigenvalue weighted by molar-refractivity contribution is 7.89. The van der Waals surface area contributed by atoms with Crippen molar-refractivity contribution in [1.82, 2.24) is 9.62 Å². The number of sulfonamides is 1. The van der Waals surface area contributed by atoms with Crippen LogP contribution in [0.2, 0.25) is 0 Å². The highest BCUT2D eigenvalue weighted by Gasteiger charge is 2.31. The van der Waals surface area contributed by atoms with Crippen molar-refractivity contribution in [2.45, 2.75) is 31.7 Å². The Morgan fingerprint density at radius 2 is 1.28 bits per heavy atom. The summed E-state index contributed by atoms with van der Waals surface area (Å²) in [6.07, 6.45) is 0. The molecule has 1 fully saturated rings. The van der Waals surface area contributed by atoms with Crippen LogP contribution in [0.25, 0.3) is 0 Å². The molecule has 2 rings (SSSR count). The number of ether oxygens (including phenoxy) is 4. The molecule has 1 N–H and O–H groups in total. The van der Waals surface area contributed by atoms with E-state index in [2.05, 4.69) is 4.72 Å². The fourth-order valence-corrected chi connectivity index (χ4v) is 4.40. The van der Waals surface area contributed by atoms with E-state index < -0.39 is 16.1 Å². The Labute approximate surface area is 191 Å². The number of carbonyl (C=O) groups excluding carboxylic acids is 1. The third-order valence-corrected chi connectivity index (χ3v) is 6.44. The lowest BCUT2D eigenvalue weighted by Crippen LogP contribution is -2.52. The summed E-state index contributed by atoms with van der Waals surface area (Å²) in [5.74, 6) is -0.553. The average molecular weight is 473 g/mol. The molecule has 182 valence electrons. The summed E-state index contributed by atoms with van der Waals surface area (Å²) in [4.78, 5) is 15.1. The number of aryl methyl sites for hydroxylation is 1. The minimum Gasteiger partial charge on any atom is -0.377 e. The lowest BCUT2D eigenvalue weighted by Gasteiger charge is -2.29. The molecule has 1 amide bonds. The van der Waals surface area contributed by atoms with E-state index in [-0.39, 0.29) is 16.7 Å². The molecule has 0 spiro atoms. The van der Waals surface area contributed by atoms with Crippen molar-refractivity contribution < 1.29 is 32.2 Å². The second-order valence-corrected chi connectivity index (χ2v) is 9.64. The predicted octanol–water partition coefficient (Wildman–Crippen LogP) is 1.21. The van der Waals surface area contributed by atoms with E-state index in [1.807, 2.05) is 20.8 Å². The Balaban J connectivity index is 2.08. The largest absolute Gasteiger partial charge is 0.377 e. The Bertz CT molecular complexity index is 768. The maximum atomic E-state index is 13.3. The molecule has 1 heterocycles. The van der Waals surface area contributed by atoms with Gasteiger partial charge in [0, 0.05) is 13.1 Å². The lowest BCUT2D eigenvalue weighted by molar-refractivity contribution is -0.135. The van der Waals surface area contributed by atoms with E-state index in [0.717, 1.165) is 5.56 Å². The van der Waals surface area contributed by atoms with Crippen molar-refractivity contribution in [3.05, 3.63) is 29.8 Å². The maximum absolute atomic E-state index is 13.3. The second kappa shape index (κ2) is 13.9. The van der Waals surface area contributed by atoms with Gasteiger partial charge in [-0.2, -0.15) is 4.72 Å². The van der Waals surface area contributed by atoms with Crippen molar-refractivity contribution in [3.8, 4) is 0 Å². The van der Waals surface area contributed by atoms with Crippen LogP contribution in [-0.4, -0.2) is 91.2 Å². The molecule has 0 aliphatic carbocycles. The topological polar surface area (TPSA) is 103 Å². The van der Waals surface area contributed by atoms with Crippen LogP contribution in [0.3, 0.4) is 0 Å². The fraction of sp³-hybridized carbons (Fsp3) is 0.682. The van der Waals surface area contributed by atoms with E-state index in [9.17, 15) is 13.2 Å². The van der Waals surface area contributed by atoms with Crippen molar-refractivity contribution >= 4 is 15.9 Å². The van der Waals surface area contributed by atoms with Gasteiger partial charge in [-0.1, -0.05) is 31.5 Å². The molecule has 0 aromatic heterocycles. The summed E-state index contributed by atoms with van der Waals surface area (Å²) in [6.45, 7) is 9.50. The van der Waals surface area contributed by atoms with Gasteiger partial charge >= 0.3 is 0 Å². The molecule has 1 saturated heterocycles. The third kappa shape index (κ3) is 9.13. The van der Waals surface area contributed by atoms with Crippen molar-refractivity contribution in [3.63, 3.8) is 0 Å². The highest BCUT2D eigenvalue weighted by Crippen LogP contribution is 2.14. The highest BCUT2D eigenvalue weighted by atomic mass is 32.2. The zero-order chi connectivity index (χ0) is 23.4. The van der Waals surface area contributed by atoms with Gasteiger partial charge in [0.25, 0.3) is 0 Å². The van der Waals surface area contributed by atoms with Gasteiger partial charge in [0.15, 0.2) is 0 Å². The lowest BCUT2D eigenvalue weighted by atomic mass is 10.0. The quantitative estimate of drug-likeness (QED) is 0.687. The Hall–Kier alpha value is -1.56. The molecule has 1 aliphatic heterocycles. The molecule has 0 saturated carbocycles. The third-order valence-electron chi connectivity index (χ3n) is 4.98. The minimum absolute atomic E-state index is 0.130. The van der Waals surface area contributed by atoms with Crippen LogP contribution in [0, 0.1) is 12.8 Å². The SMILES string of the molecule is Cc1ccc(S(=O)(=O)N[C@H](C(=O)N2CCOCCOCCOCCOCC2)C(C)C)cc1. The molecule has 1 atom stereocenters. The average Bonchev–Trinajstić information content (AvgIpc) is 2.76.